The molecule has 0 bridgehead atoms. The van der Waals surface area contributed by atoms with Gasteiger partial charge >= 0.3 is 0 Å². The zero-order chi connectivity index (χ0) is 9.99. The fourth-order valence-corrected chi connectivity index (χ4v) is 2.14. The highest BCUT2D eigenvalue weighted by atomic mass is 28.3. The average molecular weight is 188 g/mol. The maximum atomic E-state index is 9.77. The Hall–Kier alpha value is 0.177. The molecule has 0 aromatic heterocycles. The van der Waals surface area contributed by atoms with Crippen LogP contribution in [-0.2, 0) is 0 Å². The first kappa shape index (κ1) is 12.2. The topological polar surface area (TPSA) is 20.2 Å². The van der Waals surface area contributed by atoms with Gasteiger partial charge in [0.1, 0.15) is 0 Å². The summed E-state index contributed by atoms with van der Waals surface area (Å²) in [4.78, 5) is 0. The van der Waals surface area contributed by atoms with Crippen LogP contribution in [0.5, 0.6) is 0 Å². The quantitative estimate of drug-likeness (QED) is 0.675. The molecule has 0 aliphatic heterocycles. The van der Waals surface area contributed by atoms with E-state index in [1.54, 1.807) is 0 Å². The van der Waals surface area contributed by atoms with E-state index < -0.39 is 8.07 Å². The van der Waals surface area contributed by atoms with Crippen molar-refractivity contribution in [3.63, 3.8) is 0 Å². The van der Waals surface area contributed by atoms with E-state index in [1.807, 2.05) is 0 Å². The van der Waals surface area contributed by atoms with E-state index in [4.69, 9.17) is 0 Å². The van der Waals surface area contributed by atoms with Crippen molar-refractivity contribution in [3.8, 4) is 0 Å². The van der Waals surface area contributed by atoms with Gasteiger partial charge in [0, 0.05) is 8.07 Å². The van der Waals surface area contributed by atoms with Crippen LogP contribution in [0.4, 0.5) is 0 Å². The van der Waals surface area contributed by atoms with E-state index in [2.05, 4.69) is 40.4 Å². The minimum Gasteiger partial charge on any atom is -0.393 e. The van der Waals surface area contributed by atoms with Gasteiger partial charge in [-0.3, -0.25) is 0 Å². The molecule has 0 rings (SSSR count). The lowest BCUT2D eigenvalue weighted by Gasteiger charge is -2.28. The molecule has 0 saturated heterocycles. The van der Waals surface area contributed by atoms with Crippen LogP contribution in [-0.4, -0.2) is 19.3 Å². The predicted octanol–water partition coefficient (Wildman–Crippen LogP) is 3.12. The van der Waals surface area contributed by atoms with Crippen LogP contribution >= 0.6 is 0 Å². The zero-order valence-corrected chi connectivity index (χ0v) is 10.4. The van der Waals surface area contributed by atoms with Crippen LogP contribution in [0.15, 0.2) is 0 Å². The second-order valence-corrected chi connectivity index (χ2v) is 11.6. The summed E-state index contributed by atoms with van der Waals surface area (Å²) < 4.78 is 0. The molecular weight excluding hydrogens is 164 g/mol. The fraction of sp³-hybridized carbons (Fsp3) is 1.00. The highest BCUT2D eigenvalue weighted by Crippen LogP contribution is 2.25. The molecule has 0 amide bonds. The Labute approximate surface area is 78.2 Å². The molecule has 12 heavy (non-hydrogen) atoms. The molecule has 0 aliphatic carbocycles. The van der Waals surface area contributed by atoms with E-state index in [1.165, 1.54) is 6.04 Å². The van der Waals surface area contributed by atoms with Crippen LogP contribution < -0.4 is 0 Å². The summed E-state index contributed by atoms with van der Waals surface area (Å²) >= 11 is 0. The largest absolute Gasteiger partial charge is 0.393 e. The van der Waals surface area contributed by atoms with E-state index >= 15 is 0 Å². The van der Waals surface area contributed by atoms with Crippen LogP contribution in [0, 0.1) is 5.41 Å². The lowest BCUT2D eigenvalue weighted by Crippen LogP contribution is -2.29. The van der Waals surface area contributed by atoms with Crippen molar-refractivity contribution in [1.82, 2.24) is 0 Å². The van der Waals surface area contributed by atoms with Crippen LogP contribution in [0.25, 0.3) is 0 Å². The molecule has 1 nitrogen and oxygen atoms in total. The monoisotopic (exact) mass is 188 g/mol. The molecule has 0 fully saturated rings. The Morgan fingerprint density at radius 2 is 1.58 bits per heavy atom. The van der Waals surface area contributed by atoms with Crippen molar-refractivity contribution < 1.29 is 5.11 Å². The van der Waals surface area contributed by atoms with Crippen LogP contribution in [0.2, 0.25) is 25.7 Å². The number of rotatable bonds is 3. The van der Waals surface area contributed by atoms with Gasteiger partial charge in [0.15, 0.2) is 0 Å². The molecular formula is C10H24OSi. The second-order valence-electron chi connectivity index (χ2n) is 5.98. The van der Waals surface area contributed by atoms with Gasteiger partial charge in [0.25, 0.3) is 0 Å². The third-order valence-electron chi connectivity index (χ3n) is 2.17. The van der Waals surface area contributed by atoms with Gasteiger partial charge in [-0.25, -0.2) is 0 Å². The minimum absolute atomic E-state index is 0.0552. The molecule has 1 atom stereocenters. The van der Waals surface area contributed by atoms with Gasteiger partial charge in [-0.2, -0.15) is 0 Å². The van der Waals surface area contributed by atoms with Crippen LogP contribution in [0.1, 0.15) is 27.2 Å². The fourth-order valence-electron chi connectivity index (χ4n) is 1.00. The van der Waals surface area contributed by atoms with Crippen molar-refractivity contribution >= 4 is 8.07 Å². The normalized spacial score (nSPS) is 16.2. The summed E-state index contributed by atoms with van der Waals surface area (Å²) in [7, 11) is -0.959. The van der Waals surface area contributed by atoms with Crippen molar-refractivity contribution in [2.45, 2.75) is 59.0 Å². The minimum atomic E-state index is -0.959. The van der Waals surface area contributed by atoms with Gasteiger partial charge in [0.05, 0.1) is 6.10 Å². The molecule has 2 heteroatoms. The maximum Gasteiger partial charge on any atom is 0.0585 e. The molecule has 0 saturated carbocycles. The SMILES string of the molecule is CC(C)(C)C(O)CC[Si](C)(C)C. The number of hydrogen-bond acceptors (Lipinski definition) is 1. The Kier molecular flexibility index (Phi) is 3.98. The van der Waals surface area contributed by atoms with Crippen molar-refractivity contribution in [2.75, 3.05) is 0 Å². The standard InChI is InChI=1S/C10H24OSi/c1-10(2,3)9(11)7-8-12(4,5)6/h9,11H,7-8H2,1-6H3. The third kappa shape index (κ3) is 5.78. The Morgan fingerprint density at radius 3 is 1.83 bits per heavy atom. The highest BCUT2D eigenvalue weighted by molar-refractivity contribution is 6.76. The number of aliphatic hydroxyl groups is 1. The first-order chi connectivity index (χ1) is 5.13. The molecule has 74 valence electrons. The molecule has 0 aliphatic rings. The van der Waals surface area contributed by atoms with E-state index in [9.17, 15) is 5.11 Å². The third-order valence-corrected chi connectivity index (χ3v) is 3.96. The molecule has 1 unspecified atom stereocenters. The molecule has 0 aromatic rings. The molecule has 0 radical (unpaired) electrons. The van der Waals surface area contributed by atoms with Crippen LogP contribution in [0.3, 0.4) is 0 Å². The predicted molar refractivity (Wildman–Crippen MR) is 58.2 cm³/mol. The van der Waals surface area contributed by atoms with Crippen molar-refractivity contribution in [1.29, 1.82) is 0 Å². The Morgan fingerprint density at radius 1 is 1.17 bits per heavy atom. The number of hydrogen-bond donors (Lipinski definition) is 1. The van der Waals surface area contributed by atoms with E-state index in [-0.39, 0.29) is 11.5 Å². The summed E-state index contributed by atoms with van der Waals surface area (Å²) in [5.41, 5.74) is 0.0552. The van der Waals surface area contributed by atoms with Gasteiger partial charge in [-0.05, 0) is 11.8 Å². The number of aliphatic hydroxyl groups excluding tert-OH is 1. The molecule has 0 spiro atoms. The van der Waals surface area contributed by atoms with Gasteiger partial charge in [0.2, 0.25) is 0 Å². The van der Waals surface area contributed by atoms with E-state index in [0.717, 1.165) is 6.42 Å². The molecule has 1 N–H and O–H groups in total. The lowest BCUT2D eigenvalue weighted by molar-refractivity contribution is 0.0597. The van der Waals surface area contributed by atoms with Crippen molar-refractivity contribution in [3.05, 3.63) is 0 Å². The summed E-state index contributed by atoms with van der Waals surface area (Å²) in [5.74, 6) is 0. The summed E-state index contributed by atoms with van der Waals surface area (Å²) in [6.45, 7) is 13.3. The second kappa shape index (κ2) is 3.92. The molecule has 0 heterocycles. The summed E-state index contributed by atoms with van der Waals surface area (Å²) in [6.07, 6.45) is 0.836. The summed E-state index contributed by atoms with van der Waals surface area (Å²) in [6, 6.07) is 1.23. The maximum absolute atomic E-state index is 9.77. The highest BCUT2D eigenvalue weighted by Gasteiger charge is 2.24. The first-order valence-corrected chi connectivity index (χ1v) is 8.52. The van der Waals surface area contributed by atoms with Gasteiger partial charge in [-0.1, -0.05) is 46.5 Å². The Bertz CT molecular complexity index is 130. The Balaban J connectivity index is 3.80. The zero-order valence-electron chi connectivity index (χ0n) is 9.44. The first-order valence-electron chi connectivity index (χ1n) is 4.81. The van der Waals surface area contributed by atoms with E-state index in [0.29, 0.717) is 0 Å². The smallest absolute Gasteiger partial charge is 0.0585 e. The van der Waals surface area contributed by atoms with Gasteiger partial charge in [-0.15, -0.1) is 0 Å². The van der Waals surface area contributed by atoms with Crippen molar-refractivity contribution in [2.24, 2.45) is 5.41 Å². The average Bonchev–Trinajstić information content (AvgIpc) is 1.78. The molecule has 0 aromatic carbocycles. The lowest BCUT2D eigenvalue weighted by atomic mass is 9.88. The summed E-state index contributed by atoms with van der Waals surface area (Å²) in [5, 5.41) is 9.77. The van der Waals surface area contributed by atoms with Gasteiger partial charge < -0.3 is 5.11 Å².